The highest BCUT2D eigenvalue weighted by Crippen LogP contribution is 2.59. The first-order valence-electron chi connectivity index (χ1n) is 6.12. The van der Waals surface area contributed by atoms with Crippen molar-refractivity contribution in [2.45, 2.75) is 59.0 Å². The van der Waals surface area contributed by atoms with Crippen molar-refractivity contribution >= 4 is 7.91 Å². The average molecular weight is 252 g/mol. The Morgan fingerprint density at radius 3 is 2.62 bits per heavy atom. The molecule has 0 amide bonds. The summed E-state index contributed by atoms with van der Waals surface area (Å²) in [6, 6.07) is 0. The lowest BCUT2D eigenvalue weighted by Gasteiger charge is -2.43. The van der Waals surface area contributed by atoms with E-state index in [1.165, 1.54) is 0 Å². The molecule has 1 fully saturated rings. The van der Waals surface area contributed by atoms with Gasteiger partial charge in [0.25, 0.3) is 0 Å². The monoisotopic (exact) mass is 252 g/mol. The highest BCUT2D eigenvalue weighted by molar-refractivity contribution is 7.48. The Hall–Kier alpha value is 0.0800. The maximum Gasteiger partial charge on any atom is 0.513 e. The number of hydrogen-bond acceptors (Lipinski definition) is 3. The van der Waals surface area contributed by atoms with Crippen LogP contribution in [0.4, 0.5) is 4.20 Å². The molecule has 0 spiro atoms. The van der Waals surface area contributed by atoms with Crippen LogP contribution in [0.15, 0.2) is 0 Å². The van der Waals surface area contributed by atoms with Gasteiger partial charge in [-0.3, -0.25) is 9.05 Å². The molecule has 0 aromatic heterocycles. The van der Waals surface area contributed by atoms with Crippen molar-refractivity contribution in [1.82, 2.24) is 0 Å². The van der Waals surface area contributed by atoms with Gasteiger partial charge in [0.15, 0.2) is 0 Å². The number of unbranched alkanes of at least 4 members (excludes halogenated alkanes) is 1. The third-order valence-electron chi connectivity index (χ3n) is 3.55. The molecule has 1 rings (SSSR count). The lowest BCUT2D eigenvalue weighted by Crippen LogP contribution is -2.42. The molecule has 0 radical (unpaired) electrons. The van der Waals surface area contributed by atoms with E-state index >= 15 is 0 Å². The van der Waals surface area contributed by atoms with Gasteiger partial charge in [-0.25, -0.2) is 4.57 Å². The fraction of sp³-hybridized carbons (Fsp3) is 1.00. The maximum atomic E-state index is 13.2. The van der Waals surface area contributed by atoms with E-state index in [4.69, 9.17) is 9.05 Å². The standard InChI is InChI=1S/C11H22FO3P/c1-4-7-8-11(6-3)9-14-16(12,13)15-10(11)5-2/h10H,4-9H2,1-3H3. The van der Waals surface area contributed by atoms with Gasteiger partial charge in [-0.2, -0.15) is 0 Å². The molecule has 3 unspecified atom stereocenters. The number of hydrogen-bond donors (Lipinski definition) is 0. The van der Waals surface area contributed by atoms with Gasteiger partial charge in [0.05, 0.1) is 12.7 Å². The second kappa shape index (κ2) is 5.61. The van der Waals surface area contributed by atoms with Crippen LogP contribution in [0.1, 0.15) is 52.9 Å². The minimum Gasteiger partial charge on any atom is -0.283 e. The molecule has 1 aliphatic heterocycles. The van der Waals surface area contributed by atoms with E-state index < -0.39 is 7.91 Å². The second-order valence-electron chi connectivity index (χ2n) is 4.53. The summed E-state index contributed by atoms with van der Waals surface area (Å²) in [5, 5.41) is 0. The Morgan fingerprint density at radius 2 is 2.12 bits per heavy atom. The lowest BCUT2D eigenvalue weighted by molar-refractivity contribution is -0.0664. The molecule has 0 N–H and O–H groups in total. The van der Waals surface area contributed by atoms with Crippen LogP contribution in [0.2, 0.25) is 0 Å². The summed E-state index contributed by atoms with van der Waals surface area (Å²) in [6.07, 6.45) is 4.35. The van der Waals surface area contributed by atoms with Gasteiger partial charge in [0.1, 0.15) is 0 Å². The van der Waals surface area contributed by atoms with Crippen molar-refractivity contribution in [3.8, 4) is 0 Å². The van der Waals surface area contributed by atoms with Crippen LogP contribution in [0.5, 0.6) is 0 Å². The molecule has 0 saturated carbocycles. The Morgan fingerprint density at radius 1 is 1.44 bits per heavy atom. The molecule has 1 heterocycles. The summed E-state index contributed by atoms with van der Waals surface area (Å²) in [6.45, 7) is 6.33. The van der Waals surface area contributed by atoms with Crippen molar-refractivity contribution < 1.29 is 17.8 Å². The van der Waals surface area contributed by atoms with Crippen LogP contribution in [0.25, 0.3) is 0 Å². The predicted octanol–water partition coefficient (Wildman–Crippen LogP) is 4.48. The smallest absolute Gasteiger partial charge is 0.283 e. The van der Waals surface area contributed by atoms with Gasteiger partial charge in [-0.1, -0.05) is 33.6 Å². The van der Waals surface area contributed by atoms with Gasteiger partial charge >= 0.3 is 7.91 Å². The van der Waals surface area contributed by atoms with E-state index in [0.29, 0.717) is 6.42 Å². The zero-order chi connectivity index (χ0) is 12.2. The summed E-state index contributed by atoms with van der Waals surface area (Å²) >= 11 is 0. The topological polar surface area (TPSA) is 35.5 Å². The molecular formula is C11H22FO3P. The molecule has 1 saturated heterocycles. The van der Waals surface area contributed by atoms with Gasteiger partial charge in [0, 0.05) is 5.41 Å². The molecule has 16 heavy (non-hydrogen) atoms. The van der Waals surface area contributed by atoms with E-state index in [9.17, 15) is 8.76 Å². The first-order chi connectivity index (χ1) is 7.49. The maximum absolute atomic E-state index is 13.2. The van der Waals surface area contributed by atoms with Crippen LogP contribution < -0.4 is 0 Å². The van der Waals surface area contributed by atoms with Crippen molar-refractivity contribution in [2.24, 2.45) is 5.41 Å². The number of rotatable bonds is 5. The zero-order valence-electron chi connectivity index (χ0n) is 10.4. The molecule has 0 aliphatic carbocycles. The molecular weight excluding hydrogens is 230 g/mol. The van der Waals surface area contributed by atoms with Gasteiger partial charge in [-0.05, 0) is 19.3 Å². The Kier molecular flexibility index (Phi) is 4.96. The van der Waals surface area contributed by atoms with Crippen LogP contribution in [0.3, 0.4) is 0 Å². The van der Waals surface area contributed by atoms with Crippen LogP contribution in [0, 0.1) is 5.41 Å². The minimum atomic E-state index is -4.28. The third-order valence-corrected chi connectivity index (χ3v) is 4.49. The largest absolute Gasteiger partial charge is 0.513 e. The van der Waals surface area contributed by atoms with Crippen LogP contribution in [-0.2, 0) is 13.6 Å². The highest BCUT2D eigenvalue weighted by Gasteiger charge is 2.47. The Balaban J connectivity index is 2.79. The SMILES string of the molecule is CCCCC1(CC)COP(=O)(F)OC1CC. The Labute approximate surface area is 97.4 Å². The van der Waals surface area contributed by atoms with Crippen LogP contribution >= 0.6 is 7.91 Å². The molecule has 96 valence electrons. The number of halogens is 1. The van der Waals surface area contributed by atoms with Crippen LogP contribution in [-0.4, -0.2) is 12.7 Å². The average Bonchev–Trinajstić information content (AvgIpc) is 2.27. The van der Waals surface area contributed by atoms with Gasteiger partial charge in [0.2, 0.25) is 0 Å². The van der Waals surface area contributed by atoms with E-state index in [2.05, 4.69) is 13.8 Å². The summed E-state index contributed by atoms with van der Waals surface area (Å²) in [7, 11) is -4.28. The first kappa shape index (κ1) is 14.1. The normalized spacial score (nSPS) is 39.9. The second-order valence-corrected chi connectivity index (χ2v) is 5.86. The molecule has 0 aromatic carbocycles. The first-order valence-corrected chi connectivity index (χ1v) is 7.55. The van der Waals surface area contributed by atoms with Gasteiger partial charge in [-0.15, -0.1) is 4.20 Å². The minimum absolute atomic E-state index is 0.162. The van der Waals surface area contributed by atoms with E-state index in [1.54, 1.807) is 0 Å². The summed E-state index contributed by atoms with van der Waals surface area (Å²) in [5.41, 5.74) is -0.162. The van der Waals surface area contributed by atoms with Gasteiger partial charge < -0.3 is 0 Å². The molecule has 3 atom stereocenters. The molecule has 3 nitrogen and oxygen atoms in total. The summed E-state index contributed by atoms with van der Waals surface area (Å²) in [4.78, 5) is 0. The van der Waals surface area contributed by atoms with Crippen molar-refractivity contribution in [2.75, 3.05) is 6.61 Å². The molecule has 1 aliphatic rings. The van der Waals surface area contributed by atoms with E-state index in [0.717, 1.165) is 25.7 Å². The third kappa shape index (κ3) is 3.06. The lowest BCUT2D eigenvalue weighted by atomic mass is 9.75. The van der Waals surface area contributed by atoms with Crippen molar-refractivity contribution in [1.29, 1.82) is 0 Å². The summed E-state index contributed by atoms with van der Waals surface area (Å²) < 4.78 is 34.2. The molecule has 0 aromatic rings. The quantitative estimate of drug-likeness (QED) is 0.677. The summed E-state index contributed by atoms with van der Waals surface area (Å²) in [5.74, 6) is 0. The van der Waals surface area contributed by atoms with Crippen molar-refractivity contribution in [3.63, 3.8) is 0 Å². The van der Waals surface area contributed by atoms with E-state index in [1.807, 2.05) is 6.92 Å². The zero-order valence-corrected chi connectivity index (χ0v) is 11.3. The molecule has 5 heteroatoms. The van der Waals surface area contributed by atoms with E-state index in [-0.39, 0.29) is 18.1 Å². The predicted molar refractivity (Wildman–Crippen MR) is 62.1 cm³/mol. The highest BCUT2D eigenvalue weighted by atomic mass is 31.2. The Bertz CT molecular complexity index is 272. The fourth-order valence-electron chi connectivity index (χ4n) is 2.37. The fourth-order valence-corrected chi connectivity index (χ4v) is 3.52. The van der Waals surface area contributed by atoms with Crippen molar-refractivity contribution in [3.05, 3.63) is 0 Å². The molecule has 0 bridgehead atoms.